The van der Waals surface area contributed by atoms with Crippen LogP contribution in [0.5, 0.6) is 0 Å². The van der Waals surface area contributed by atoms with Crippen LogP contribution in [0.25, 0.3) is 31.9 Å². The maximum absolute atomic E-state index is 12.7. The number of nitrogens with one attached hydrogen (secondary N) is 3. The standard InChI is InChI=1S/C27H31N5OS2/c1-15(2)29-10-8-24(33)32-27-25(20-7-9-28-14-23(20)35-27)26-31-21-13-18(5-6-22(21)34-26)19-11-16(3)30-17(4)12-19/h5-6,11-13,15,28-29H,7-10,14H2,1-4H3,(H,32,33). The van der Waals surface area contributed by atoms with E-state index < -0.39 is 0 Å². The summed E-state index contributed by atoms with van der Waals surface area (Å²) in [6.07, 6.45) is 1.40. The lowest BCUT2D eigenvalue weighted by atomic mass is 10.0. The van der Waals surface area contributed by atoms with Gasteiger partial charge >= 0.3 is 0 Å². The van der Waals surface area contributed by atoms with Gasteiger partial charge in [-0.05, 0) is 67.8 Å². The number of thiazole rings is 1. The number of carbonyl (C=O) groups excluding carboxylic acids is 1. The van der Waals surface area contributed by atoms with Crippen LogP contribution in [-0.2, 0) is 17.8 Å². The molecule has 6 nitrogen and oxygen atoms in total. The summed E-state index contributed by atoms with van der Waals surface area (Å²) in [6, 6.07) is 11.1. The number of pyridine rings is 1. The molecule has 1 aromatic carbocycles. The highest BCUT2D eigenvalue weighted by atomic mass is 32.1. The van der Waals surface area contributed by atoms with Crippen molar-refractivity contribution < 1.29 is 4.79 Å². The Balaban J connectivity index is 1.49. The number of fused-ring (bicyclic) bond motifs is 2. The molecule has 4 heterocycles. The molecule has 4 aromatic rings. The van der Waals surface area contributed by atoms with Crippen LogP contribution in [-0.4, -0.2) is 35.0 Å². The maximum Gasteiger partial charge on any atom is 0.226 e. The fourth-order valence-electron chi connectivity index (χ4n) is 4.53. The average molecular weight is 506 g/mol. The third-order valence-electron chi connectivity index (χ3n) is 6.10. The molecule has 35 heavy (non-hydrogen) atoms. The van der Waals surface area contributed by atoms with Gasteiger partial charge in [-0.25, -0.2) is 4.98 Å². The zero-order chi connectivity index (χ0) is 24.5. The molecule has 182 valence electrons. The van der Waals surface area contributed by atoms with E-state index in [1.54, 1.807) is 22.7 Å². The summed E-state index contributed by atoms with van der Waals surface area (Å²) in [6.45, 7) is 10.7. The Morgan fingerprint density at radius 1 is 1.09 bits per heavy atom. The SMILES string of the molecule is Cc1cc(-c2ccc3sc(-c4c(NC(=O)CCNC(C)C)sc5c4CCNC5)nc3c2)cc(C)n1. The van der Waals surface area contributed by atoms with E-state index in [0.29, 0.717) is 19.0 Å². The van der Waals surface area contributed by atoms with Crippen LogP contribution in [0.4, 0.5) is 5.00 Å². The van der Waals surface area contributed by atoms with Gasteiger partial charge in [0.2, 0.25) is 5.91 Å². The Morgan fingerprint density at radius 2 is 1.89 bits per heavy atom. The number of anilines is 1. The van der Waals surface area contributed by atoms with Gasteiger partial charge in [-0.1, -0.05) is 19.9 Å². The smallest absolute Gasteiger partial charge is 0.226 e. The number of carbonyl (C=O) groups is 1. The first-order valence-corrected chi connectivity index (χ1v) is 13.8. The molecule has 0 spiro atoms. The molecule has 0 fully saturated rings. The van der Waals surface area contributed by atoms with Gasteiger partial charge in [0, 0.05) is 47.4 Å². The second-order valence-corrected chi connectivity index (χ2v) is 11.5. The first-order chi connectivity index (χ1) is 16.9. The number of benzene rings is 1. The molecule has 0 atom stereocenters. The molecule has 0 aliphatic carbocycles. The molecule has 3 N–H and O–H groups in total. The first-order valence-electron chi connectivity index (χ1n) is 12.1. The van der Waals surface area contributed by atoms with E-state index in [1.807, 2.05) is 13.8 Å². The maximum atomic E-state index is 12.7. The number of nitrogens with zero attached hydrogens (tertiary/aromatic N) is 2. The normalized spacial score (nSPS) is 13.4. The van der Waals surface area contributed by atoms with Gasteiger partial charge in [0.25, 0.3) is 0 Å². The summed E-state index contributed by atoms with van der Waals surface area (Å²) >= 11 is 3.38. The predicted molar refractivity (Wildman–Crippen MR) is 147 cm³/mol. The Morgan fingerprint density at radius 3 is 2.66 bits per heavy atom. The molecule has 1 amide bonds. The number of rotatable bonds is 7. The molecule has 1 aliphatic heterocycles. The van der Waals surface area contributed by atoms with Gasteiger partial charge in [-0.2, -0.15) is 0 Å². The van der Waals surface area contributed by atoms with Crippen LogP contribution in [0.15, 0.2) is 30.3 Å². The minimum absolute atomic E-state index is 0.0396. The molecule has 0 bridgehead atoms. The largest absolute Gasteiger partial charge is 0.317 e. The molecule has 1 aliphatic rings. The molecule has 5 rings (SSSR count). The highest BCUT2D eigenvalue weighted by Gasteiger charge is 2.25. The van der Waals surface area contributed by atoms with Gasteiger partial charge < -0.3 is 16.0 Å². The van der Waals surface area contributed by atoms with E-state index in [0.717, 1.165) is 67.8 Å². The van der Waals surface area contributed by atoms with Crippen LogP contribution in [0.2, 0.25) is 0 Å². The Labute approximate surface area is 214 Å². The number of aryl methyl sites for hydroxylation is 2. The fraction of sp³-hybridized carbons (Fsp3) is 0.370. The van der Waals surface area contributed by atoms with Crippen molar-refractivity contribution in [1.82, 2.24) is 20.6 Å². The second kappa shape index (κ2) is 10.1. The molecule has 8 heteroatoms. The Hall–Kier alpha value is -2.65. The lowest BCUT2D eigenvalue weighted by molar-refractivity contribution is -0.116. The van der Waals surface area contributed by atoms with Crippen molar-refractivity contribution in [3.05, 3.63) is 52.2 Å². The summed E-state index contributed by atoms with van der Waals surface area (Å²) in [5.74, 6) is 0.0396. The molecular weight excluding hydrogens is 474 g/mol. The zero-order valence-electron chi connectivity index (χ0n) is 20.6. The van der Waals surface area contributed by atoms with Crippen LogP contribution >= 0.6 is 22.7 Å². The fourth-order valence-corrected chi connectivity index (χ4v) is 6.85. The molecular formula is C27H31N5OS2. The van der Waals surface area contributed by atoms with Crippen LogP contribution < -0.4 is 16.0 Å². The summed E-state index contributed by atoms with van der Waals surface area (Å²) in [7, 11) is 0. The van der Waals surface area contributed by atoms with Gasteiger partial charge in [0.15, 0.2) is 0 Å². The van der Waals surface area contributed by atoms with Crippen LogP contribution in [0.1, 0.15) is 42.1 Å². The number of hydrogen-bond donors (Lipinski definition) is 3. The molecule has 0 radical (unpaired) electrons. The van der Waals surface area contributed by atoms with E-state index in [4.69, 9.17) is 4.98 Å². The van der Waals surface area contributed by atoms with Crippen molar-refractivity contribution in [3.8, 4) is 21.7 Å². The highest BCUT2D eigenvalue weighted by Crippen LogP contribution is 2.45. The van der Waals surface area contributed by atoms with E-state index in [2.05, 4.69) is 65.1 Å². The van der Waals surface area contributed by atoms with Crippen molar-refractivity contribution in [3.63, 3.8) is 0 Å². The summed E-state index contributed by atoms with van der Waals surface area (Å²) in [5, 5.41) is 11.9. The number of aromatic nitrogens is 2. The Kier molecular flexibility index (Phi) is 6.98. The van der Waals surface area contributed by atoms with Gasteiger partial charge in [-0.15, -0.1) is 22.7 Å². The lowest BCUT2D eigenvalue weighted by Crippen LogP contribution is -2.27. The van der Waals surface area contributed by atoms with E-state index >= 15 is 0 Å². The topological polar surface area (TPSA) is 78.9 Å². The monoisotopic (exact) mass is 505 g/mol. The summed E-state index contributed by atoms with van der Waals surface area (Å²) in [5.41, 5.74) is 7.75. The van der Waals surface area contributed by atoms with Crippen molar-refractivity contribution >= 4 is 43.8 Å². The number of hydrogen-bond acceptors (Lipinski definition) is 7. The van der Waals surface area contributed by atoms with Crippen LogP contribution in [0.3, 0.4) is 0 Å². The summed E-state index contributed by atoms with van der Waals surface area (Å²) < 4.78 is 1.15. The van der Waals surface area contributed by atoms with Crippen molar-refractivity contribution in [2.24, 2.45) is 0 Å². The Bertz CT molecular complexity index is 1370. The van der Waals surface area contributed by atoms with Crippen molar-refractivity contribution in [2.75, 3.05) is 18.4 Å². The first kappa shape index (κ1) is 24.1. The molecule has 0 saturated heterocycles. The third-order valence-corrected chi connectivity index (χ3v) is 8.30. The third kappa shape index (κ3) is 5.30. The van der Waals surface area contributed by atoms with Gasteiger partial charge in [-0.3, -0.25) is 9.78 Å². The van der Waals surface area contributed by atoms with E-state index in [1.165, 1.54) is 10.4 Å². The predicted octanol–water partition coefficient (Wildman–Crippen LogP) is 5.68. The highest BCUT2D eigenvalue weighted by molar-refractivity contribution is 7.23. The van der Waals surface area contributed by atoms with Crippen molar-refractivity contribution in [1.29, 1.82) is 0 Å². The van der Waals surface area contributed by atoms with Gasteiger partial charge in [0.05, 0.1) is 10.2 Å². The van der Waals surface area contributed by atoms with Crippen LogP contribution in [0, 0.1) is 13.8 Å². The number of amides is 1. The summed E-state index contributed by atoms with van der Waals surface area (Å²) in [4.78, 5) is 23.6. The second-order valence-electron chi connectivity index (χ2n) is 9.38. The quantitative estimate of drug-likeness (QED) is 0.301. The average Bonchev–Trinajstić information content (AvgIpc) is 3.37. The van der Waals surface area contributed by atoms with Crippen molar-refractivity contribution in [2.45, 2.75) is 53.1 Å². The number of thiophene rings is 1. The molecule has 0 unspecified atom stereocenters. The minimum Gasteiger partial charge on any atom is -0.317 e. The molecule has 0 saturated carbocycles. The van der Waals surface area contributed by atoms with Gasteiger partial charge in [0.1, 0.15) is 10.0 Å². The zero-order valence-corrected chi connectivity index (χ0v) is 22.3. The minimum atomic E-state index is 0.0396. The van der Waals surface area contributed by atoms with E-state index in [9.17, 15) is 4.79 Å². The lowest BCUT2D eigenvalue weighted by Gasteiger charge is -2.13. The molecule has 3 aromatic heterocycles. The van der Waals surface area contributed by atoms with E-state index in [-0.39, 0.29) is 5.91 Å².